The fraction of sp³-hybridized carbons (Fsp3) is 0.538. The molecule has 2 rings (SSSR count). The van der Waals surface area contributed by atoms with Crippen molar-refractivity contribution in [2.45, 2.75) is 30.5 Å². The molecule has 0 bridgehead atoms. The number of hydrogen-bond donors (Lipinski definition) is 5. The predicted molar refractivity (Wildman–Crippen MR) is 76.4 cm³/mol. The Bertz CT molecular complexity index is 427. The molecule has 1 fully saturated rings. The Labute approximate surface area is 125 Å². The molecular formula is C13H18BrNO5. The Balaban J connectivity index is 1.95. The van der Waals surface area contributed by atoms with E-state index in [-0.39, 0.29) is 6.54 Å². The number of benzene rings is 1. The molecule has 20 heavy (non-hydrogen) atoms. The van der Waals surface area contributed by atoms with E-state index in [9.17, 15) is 15.3 Å². The first kappa shape index (κ1) is 15.7. The fourth-order valence-electron chi connectivity index (χ4n) is 2.13. The van der Waals surface area contributed by atoms with Gasteiger partial charge in [0, 0.05) is 16.7 Å². The van der Waals surface area contributed by atoms with E-state index in [2.05, 4.69) is 21.2 Å². The molecule has 0 unspecified atom stereocenters. The Morgan fingerprint density at radius 3 is 2.20 bits per heavy atom. The first-order valence-electron chi connectivity index (χ1n) is 6.33. The van der Waals surface area contributed by atoms with E-state index in [1.54, 1.807) is 0 Å². The van der Waals surface area contributed by atoms with Crippen LogP contribution < -0.4 is 5.32 Å². The molecule has 1 heterocycles. The zero-order valence-corrected chi connectivity index (χ0v) is 12.3. The van der Waals surface area contributed by atoms with Crippen molar-refractivity contribution in [3.8, 4) is 0 Å². The van der Waals surface area contributed by atoms with E-state index in [1.807, 2.05) is 24.3 Å². The van der Waals surface area contributed by atoms with Crippen molar-refractivity contribution < 1.29 is 25.2 Å². The number of aliphatic hydroxyl groups excluding tert-OH is 4. The van der Waals surface area contributed by atoms with Gasteiger partial charge in [0.25, 0.3) is 0 Å². The molecule has 0 radical (unpaired) electrons. The van der Waals surface area contributed by atoms with Crippen molar-refractivity contribution in [1.29, 1.82) is 0 Å². The van der Waals surface area contributed by atoms with Gasteiger partial charge in [0.2, 0.25) is 0 Å². The maximum atomic E-state index is 9.88. The predicted octanol–water partition coefficient (Wildman–Crippen LogP) is -0.297. The van der Waals surface area contributed by atoms with Crippen molar-refractivity contribution in [3.05, 3.63) is 28.7 Å². The van der Waals surface area contributed by atoms with Crippen LogP contribution in [0.2, 0.25) is 0 Å². The number of nitrogens with one attached hydrogen (secondary N) is 1. The summed E-state index contributed by atoms with van der Waals surface area (Å²) in [5, 5.41) is 41.4. The number of rotatable bonds is 4. The summed E-state index contributed by atoms with van der Waals surface area (Å²) >= 11 is 3.33. The molecule has 1 aromatic carbocycles. The summed E-state index contributed by atoms with van der Waals surface area (Å²) in [5.74, 6) is 0. The van der Waals surface area contributed by atoms with Gasteiger partial charge in [0.05, 0.1) is 6.61 Å². The minimum atomic E-state index is -1.34. The highest BCUT2D eigenvalue weighted by Crippen LogP contribution is 2.22. The lowest BCUT2D eigenvalue weighted by Crippen LogP contribution is -2.60. The lowest BCUT2D eigenvalue weighted by atomic mass is 9.95. The Kier molecular flexibility index (Phi) is 5.36. The third-order valence-corrected chi connectivity index (χ3v) is 3.87. The van der Waals surface area contributed by atoms with Crippen LogP contribution in [0.3, 0.4) is 0 Å². The topological polar surface area (TPSA) is 102 Å². The molecule has 1 aromatic rings. The van der Waals surface area contributed by atoms with E-state index in [0.29, 0.717) is 0 Å². The molecule has 1 aliphatic heterocycles. The number of anilines is 1. The zero-order valence-electron chi connectivity index (χ0n) is 10.7. The van der Waals surface area contributed by atoms with Crippen LogP contribution in [0.25, 0.3) is 0 Å². The molecule has 6 nitrogen and oxygen atoms in total. The van der Waals surface area contributed by atoms with Crippen molar-refractivity contribution in [1.82, 2.24) is 0 Å². The molecule has 5 atom stereocenters. The molecule has 1 saturated heterocycles. The molecule has 0 amide bonds. The highest BCUT2D eigenvalue weighted by molar-refractivity contribution is 9.10. The maximum absolute atomic E-state index is 9.88. The highest BCUT2D eigenvalue weighted by Gasteiger charge is 2.43. The average molecular weight is 348 g/mol. The Morgan fingerprint density at radius 1 is 1.00 bits per heavy atom. The molecule has 0 saturated carbocycles. The van der Waals surface area contributed by atoms with Crippen LogP contribution in [0.5, 0.6) is 0 Å². The van der Waals surface area contributed by atoms with E-state index in [0.717, 1.165) is 10.2 Å². The second-order valence-corrected chi connectivity index (χ2v) is 5.67. The lowest BCUT2D eigenvalue weighted by Gasteiger charge is -2.40. The van der Waals surface area contributed by atoms with E-state index >= 15 is 0 Å². The number of hydrogen-bond acceptors (Lipinski definition) is 6. The molecule has 112 valence electrons. The van der Waals surface area contributed by atoms with E-state index in [1.165, 1.54) is 0 Å². The van der Waals surface area contributed by atoms with Crippen LogP contribution in [0.4, 0.5) is 5.69 Å². The minimum absolute atomic E-state index is 0.253. The van der Waals surface area contributed by atoms with Crippen LogP contribution in [0, 0.1) is 0 Å². The lowest BCUT2D eigenvalue weighted by molar-refractivity contribution is -0.225. The van der Waals surface area contributed by atoms with E-state index < -0.39 is 37.1 Å². The minimum Gasteiger partial charge on any atom is -0.394 e. The van der Waals surface area contributed by atoms with Gasteiger partial charge < -0.3 is 30.5 Å². The van der Waals surface area contributed by atoms with Gasteiger partial charge in [-0.25, -0.2) is 0 Å². The SMILES string of the molecule is OC[C@H]1O[C@@H](CNc2ccc(Br)cc2)[C@H](O)[C@@H](O)[C@@H]1O. The van der Waals surface area contributed by atoms with Crippen LogP contribution in [-0.4, -0.2) is 64.1 Å². The van der Waals surface area contributed by atoms with Gasteiger partial charge in [-0.1, -0.05) is 15.9 Å². The first-order chi connectivity index (χ1) is 9.52. The first-order valence-corrected chi connectivity index (χ1v) is 7.12. The maximum Gasteiger partial charge on any atom is 0.111 e. The molecule has 7 heteroatoms. The summed E-state index contributed by atoms with van der Waals surface area (Å²) in [7, 11) is 0. The smallest absolute Gasteiger partial charge is 0.111 e. The summed E-state index contributed by atoms with van der Waals surface area (Å²) in [6, 6.07) is 7.45. The summed E-state index contributed by atoms with van der Waals surface area (Å²) < 4.78 is 6.35. The van der Waals surface area contributed by atoms with Crippen molar-refractivity contribution in [2.75, 3.05) is 18.5 Å². The van der Waals surface area contributed by atoms with Crippen LogP contribution in [0.1, 0.15) is 0 Å². The number of halogens is 1. The zero-order chi connectivity index (χ0) is 14.7. The molecule has 0 aliphatic carbocycles. The van der Waals surface area contributed by atoms with Crippen LogP contribution in [0.15, 0.2) is 28.7 Å². The van der Waals surface area contributed by atoms with Gasteiger partial charge in [0.15, 0.2) is 0 Å². The summed E-state index contributed by atoms with van der Waals surface area (Å²) in [4.78, 5) is 0. The quantitative estimate of drug-likeness (QED) is 0.512. The standard InChI is InChI=1S/C13H18BrNO5/c14-7-1-3-8(4-2-7)15-5-9-11(17)13(19)12(18)10(6-16)20-9/h1-4,9-13,15-19H,5-6H2/t9-,10+,11-,12+,13+/m0/s1. The third kappa shape index (κ3) is 3.49. The Morgan fingerprint density at radius 2 is 1.60 bits per heavy atom. The molecule has 0 spiro atoms. The van der Waals surface area contributed by atoms with Gasteiger partial charge in [-0.05, 0) is 24.3 Å². The van der Waals surface area contributed by atoms with Crippen molar-refractivity contribution >= 4 is 21.6 Å². The van der Waals surface area contributed by atoms with Gasteiger partial charge in [-0.15, -0.1) is 0 Å². The van der Waals surface area contributed by atoms with Gasteiger partial charge in [-0.3, -0.25) is 0 Å². The van der Waals surface area contributed by atoms with Gasteiger partial charge in [-0.2, -0.15) is 0 Å². The van der Waals surface area contributed by atoms with Crippen LogP contribution in [-0.2, 0) is 4.74 Å². The van der Waals surface area contributed by atoms with Crippen molar-refractivity contribution in [3.63, 3.8) is 0 Å². The van der Waals surface area contributed by atoms with Crippen molar-refractivity contribution in [2.24, 2.45) is 0 Å². The van der Waals surface area contributed by atoms with Crippen LogP contribution >= 0.6 is 15.9 Å². The third-order valence-electron chi connectivity index (χ3n) is 3.34. The average Bonchev–Trinajstić information content (AvgIpc) is 2.46. The van der Waals surface area contributed by atoms with Gasteiger partial charge in [0.1, 0.15) is 30.5 Å². The monoisotopic (exact) mass is 347 g/mol. The van der Waals surface area contributed by atoms with E-state index in [4.69, 9.17) is 9.84 Å². The largest absolute Gasteiger partial charge is 0.394 e. The molecule has 0 aromatic heterocycles. The molecule has 5 N–H and O–H groups in total. The second-order valence-electron chi connectivity index (χ2n) is 4.76. The molecule has 1 aliphatic rings. The fourth-order valence-corrected chi connectivity index (χ4v) is 2.40. The second kappa shape index (κ2) is 6.84. The Hall–Kier alpha value is -0.700. The summed E-state index contributed by atoms with van der Waals surface area (Å²) in [6.07, 6.45) is -5.45. The van der Waals surface area contributed by atoms with Gasteiger partial charge >= 0.3 is 0 Å². The summed E-state index contributed by atoms with van der Waals surface area (Å²) in [5.41, 5.74) is 0.838. The number of ether oxygens (including phenoxy) is 1. The normalized spacial score (nSPS) is 34.0. The summed E-state index contributed by atoms with van der Waals surface area (Å²) in [6.45, 7) is -0.164. The number of aliphatic hydroxyl groups is 4. The molecular weight excluding hydrogens is 330 g/mol. The highest BCUT2D eigenvalue weighted by atomic mass is 79.9.